The van der Waals surface area contributed by atoms with Gasteiger partial charge in [-0.05, 0) is 73.5 Å². The molecule has 0 aromatic heterocycles. The van der Waals surface area contributed by atoms with Crippen molar-refractivity contribution in [3.8, 4) is 0 Å². The number of sulfonamides is 2. The number of benzene rings is 3. The van der Waals surface area contributed by atoms with Crippen LogP contribution in [-0.2, 0) is 24.8 Å². The van der Waals surface area contributed by atoms with Crippen molar-refractivity contribution in [3.05, 3.63) is 82.9 Å². The van der Waals surface area contributed by atoms with E-state index in [9.17, 15) is 21.6 Å². The maximum atomic E-state index is 12.6. The summed E-state index contributed by atoms with van der Waals surface area (Å²) in [6.45, 7) is 3.09. The number of rotatable bonds is 8. The summed E-state index contributed by atoms with van der Waals surface area (Å²) in [5.41, 5.74) is 2.60. The second-order valence-corrected chi connectivity index (χ2v) is 11.8. The van der Waals surface area contributed by atoms with E-state index in [1.165, 1.54) is 30.3 Å². The SMILES string of the molecule is Cc1cccc(NS(=O)(=O)c2ccc(NC(=O)CN(c3cc(Cl)ccc3C)S(C)(=O)=O)cc2)c1. The van der Waals surface area contributed by atoms with Gasteiger partial charge in [-0.3, -0.25) is 13.8 Å². The molecule has 3 aromatic carbocycles. The summed E-state index contributed by atoms with van der Waals surface area (Å²) in [5.74, 6) is -0.599. The Morgan fingerprint density at radius 1 is 0.912 bits per heavy atom. The minimum atomic E-state index is -3.82. The lowest BCUT2D eigenvalue weighted by Gasteiger charge is -2.23. The minimum absolute atomic E-state index is 0.0133. The third-order valence-corrected chi connectivity index (χ3v) is 7.60. The van der Waals surface area contributed by atoms with Crippen LogP contribution in [0.5, 0.6) is 0 Å². The van der Waals surface area contributed by atoms with Crippen LogP contribution in [0, 0.1) is 13.8 Å². The van der Waals surface area contributed by atoms with Crippen molar-refractivity contribution in [2.24, 2.45) is 0 Å². The van der Waals surface area contributed by atoms with E-state index in [0.29, 0.717) is 27.6 Å². The van der Waals surface area contributed by atoms with Crippen LogP contribution in [0.4, 0.5) is 17.1 Å². The average Bonchev–Trinajstić information content (AvgIpc) is 2.73. The monoisotopic (exact) mass is 521 g/mol. The van der Waals surface area contributed by atoms with Gasteiger partial charge < -0.3 is 5.32 Å². The highest BCUT2D eigenvalue weighted by Gasteiger charge is 2.23. The average molecular weight is 522 g/mol. The Morgan fingerprint density at radius 2 is 1.59 bits per heavy atom. The van der Waals surface area contributed by atoms with Gasteiger partial charge in [-0.2, -0.15) is 0 Å². The van der Waals surface area contributed by atoms with Crippen molar-refractivity contribution < 1.29 is 21.6 Å². The van der Waals surface area contributed by atoms with Crippen LogP contribution in [0.25, 0.3) is 0 Å². The topological polar surface area (TPSA) is 113 Å². The molecule has 180 valence electrons. The van der Waals surface area contributed by atoms with E-state index in [-0.39, 0.29) is 4.90 Å². The molecule has 11 heteroatoms. The Morgan fingerprint density at radius 3 is 2.21 bits per heavy atom. The van der Waals surface area contributed by atoms with Gasteiger partial charge in [0, 0.05) is 16.4 Å². The molecule has 0 atom stereocenters. The molecule has 0 fully saturated rings. The molecule has 0 saturated carbocycles. The number of carbonyl (C=O) groups excluding carboxylic acids is 1. The zero-order chi connectivity index (χ0) is 25.1. The fourth-order valence-corrected chi connectivity index (χ4v) is 5.32. The Bertz CT molecular complexity index is 1420. The zero-order valence-electron chi connectivity index (χ0n) is 18.7. The molecule has 1 amide bonds. The molecule has 0 heterocycles. The first-order valence-corrected chi connectivity index (χ1v) is 13.8. The molecule has 0 aliphatic carbocycles. The second kappa shape index (κ2) is 10.0. The lowest BCUT2D eigenvalue weighted by molar-refractivity contribution is -0.114. The lowest BCUT2D eigenvalue weighted by atomic mass is 10.2. The number of amides is 1. The smallest absolute Gasteiger partial charge is 0.261 e. The quantitative estimate of drug-likeness (QED) is 0.462. The predicted octanol–water partition coefficient (Wildman–Crippen LogP) is 4.16. The maximum Gasteiger partial charge on any atom is 0.261 e. The summed E-state index contributed by atoms with van der Waals surface area (Å²) in [6, 6.07) is 17.3. The van der Waals surface area contributed by atoms with Gasteiger partial charge in [-0.15, -0.1) is 0 Å². The van der Waals surface area contributed by atoms with Crippen molar-refractivity contribution in [2.75, 3.05) is 27.1 Å². The normalized spacial score (nSPS) is 11.6. The number of nitrogens with zero attached hydrogens (tertiary/aromatic N) is 1. The minimum Gasteiger partial charge on any atom is -0.325 e. The maximum absolute atomic E-state index is 12.6. The first kappa shape index (κ1) is 25.5. The third kappa shape index (κ3) is 6.49. The van der Waals surface area contributed by atoms with Gasteiger partial charge in [0.25, 0.3) is 10.0 Å². The summed E-state index contributed by atoms with van der Waals surface area (Å²) in [4.78, 5) is 12.6. The van der Waals surface area contributed by atoms with E-state index in [2.05, 4.69) is 10.0 Å². The van der Waals surface area contributed by atoms with Gasteiger partial charge >= 0.3 is 0 Å². The fraction of sp³-hybridized carbons (Fsp3) is 0.174. The standard InChI is InChI=1S/C23H24ClN3O5S2/c1-16-5-4-6-20(13-16)26-34(31,32)21-11-9-19(10-12-21)25-23(28)15-27(33(3,29)30)22-14-18(24)8-7-17(22)2/h4-14,26H,15H2,1-3H3,(H,25,28). The van der Waals surface area contributed by atoms with Crippen molar-refractivity contribution in [1.29, 1.82) is 0 Å². The second-order valence-electron chi connectivity index (χ2n) is 7.75. The van der Waals surface area contributed by atoms with Crippen LogP contribution in [0.3, 0.4) is 0 Å². The molecule has 34 heavy (non-hydrogen) atoms. The van der Waals surface area contributed by atoms with Crippen LogP contribution in [-0.4, -0.2) is 35.5 Å². The van der Waals surface area contributed by atoms with Gasteiger partial charge in [-0.1, -0.05) is 29.8 Å². The van der Waals surface area contributed by atoms with Gasteiger partial charge in [0.05, 0.1) is 16.8 Å². The van der Waals surface area contributed by atoms with Crippen molar-refractivity contribution in [3.63, 3.8) is 0 Å². The highest BCUT2D eigenvalue weighted by Crippen LogP contribution is 2.26. The third-order valence-electron chi connectivity index (χ3n) is 4.85. The molecule has 3 aromatic rings. The number of carbonyl (C=O) groups is 1. The van der Waals surface area contributed by atoms with E-state index in [0.717, 1.165) is 16.1 Å². The Balaban J connectivity index is 1.74. The molecule has 0 saturated heterocycles. The molecule has 0 bridgehead atoms. The van der Waals surface area contributed by atoms with Crippen LogP contribution in [0.15, 0.2) is 71.6 Å². The van der Waals surface area contributed by atoms with E-state index in [1.54, 1.807) is 37.3 Å². The molecule has 2 N–H and O–H groups in total. The zero-order valence-corrected chi connectivity index (χ0v) is 21.1. The molecule has 0 aliphatic rings. The predicted molar refractivity (Wildman–Crippen MR) is 135 cm³/mol. The molecule has 0 spiro atoms. The first-order chi connectivity index (χ1) is 15.8. The number of aryl methyl sites for hydroxylation is 2. The number of halogens is 1. The highest BCUT2D eigenvalue weighted by atomic mass is 35.5. The van der Waals surface area contributed by atoms with Crippen molar-refractivity contribution >= 4 is 54.6 Å². The van der Waals surface area contributed by atoms with Gasteiger partial charge in [0.1, 0.15) is 6.54 Å². The molecule has 0 unspecified atom stereocenters. The van der Waals surface area contributed by atoms with Crippen molar-refractivity contribution in [2.45, 2.75) is 18.7 Å². The van der Waals surface area contributed by atoms with E-state index in [1.807, 2.05) is 13.0 Å². The summed E-state index contributed by atoms with van der Waals surface area (Å²) >= 11 is 6.01. The highest BCUT2D eigenvalue weighted by molar-refractivity contribution is 7.92. The molecular weight excluding hydrogens is 498 g/mol. The summed E-state index contributed by atoms with van der Waals surface area (Å²) in [5, 5.41) is 2.93. The van der Waals surface area contributed by atoms with E-state index >= 15 is 0 Å². The lowest BCUT2D eigenvalue weighted by Crippen LogP contribution is -2.37. The summed E-state index contributed by atoms with van der Waals surface area (Å²) in [7, 11) is -7.60. The van der Waals surface area contributed by atoms with Gasteiger partial charge in [0.2, 0.25) is 15.9 Å². The molecule has 8 nitrogen and oxygen atoms in total. The van der Waals surface area contributed by atoms with Crippen LogP contribution < -0.4 is 14.3 Å². The number of hydrogen-bond donors (Lipinski definition) is 2. The molecule has 0 radical (unpaired) electrons. The van der Waals surface area contributed by atoms with Crippen LogP contribution in [0.2, 0.25) is 5.02 Å². The molecule has 0 aliphatic heterocycles. The van der Waals surface area contributed by atoms with Gasteiger partial charge in [-0.25, -0.2) is 16.8 Å². The Labute approximate surface area is 204 Å². The molecular formula is C23H24ClN3O5S2. The van der Waals surface area contributed by atoms with Crippen molar-refractivity contribution in [1.82, 2.24) is 0 Å². The van der Waals surface area contributed by atoms with Crippen LogP contribution >= 0.6 is 11.6 Å². The van der Waals surface area contributed by atoms with Gasteiger partial charge in [0.15, 0.2) is 0 Å². The number of hydrogen-bond acceptors (Lipinski definition) is 5. The fourth-order valence-electron chi connectivity index (χ4n) is 3.20. The first-order valence-electron chi connectivity index (χ1n) is 10.1. The van der Waals surface area contributed by atoms with E-state index < -0.39 is 32.5 Å². The largest absolute Gasteiger partial charge is 0.325 e. The summed E-state index contributed by atoms with van der Waals surface area (Å²) < 4.78 is 53.4. The number of nitrogens with one attached hydrogen (secondary N) is 2. The molecule has 3 rings (SSSR count). The summed E-state index contributed by atoms with van der Waals surface area (Å²) in [6.07, 6.45) is 1.00. The number of anilines is 3. The van der Waals surface area contributed by atoms with Crippen LogP contribution in [0.1, 0.15) is 11.1 Å². The van der Waals surface area contributed by atoms with E-state index in [4.69, 9.17) is 11.6 Å². The Kier molecular flexibility index (Phi) is 7.54. The Hall–Kier alpha value is -3.08.